The molecule has 132 valence electrons. The number of nitrogens with zero attached hydrogens (tertiary/aromatic N) is 4. The number of piperidine rings is 1. The van der Waals surface area contributed by atoms with Crippen LogP contribution in [-0.4, -0.2) is 32.2 Å². The Balaban J connectivity index is 1.64. The Bertz CT molecular complexity index is 1070. The Morgan fingerprint density at radius 2 is 2.15 bits per heavy atom. The molecule has 0 amide bonds. The van der Waals surface area contributed by atoms with Crippen molar-refractivity contribution in [3.63, 3.8) is 0 Å². The van der Waals surface area contributed by atoms with Gasteiger partial charge in [0.25, 0.3) is 0 Å². The molecular weight excluding hydrogens is 342 g/mol. The number of rotatable bonds is 3. The fraction of sp³-hybridized carbons (Fsp3) is 0.278. The van der Waals surface area contributed by atoms with Gasteiger partial charge in [-0.25, -0.2) is 23.1 Å². The van der Waals surface area contributed by atoms with E-state index in [0.717, 1.165) is 25.0 Å². The van der Waals surface area contributed by atoms with Crippen LogP contribution in [0.5, 0.6) is 0 Å². The van der Waals surface area contributed by atoms with Gasteiger partial charge in [-0.1, -0.05) is 0 Å². The zero-order chi connectivity index (χ0) is 18.1. The first-order valence-electron chi connectivity index (χ1n) is 8.31. The van der Waals surface area contributed by atoms with E-state index in [0.29, 0.717) is 17.9 Å². The number of halogens is 2. The third-order valence-electron chi connectivity index (χ3n) is 5.51. The summed E-state index contributed by atoms with van der Waals surface area (Å²) in [6.45, 7) is 0.653. The van der Waals surface area contributed by atoms with Crippen molar-refractivity contribution < 1.29 is 18.7 Å². The van der Waals surface area contributed by atoms with Crippen LogP contribution < -0.4 is 4.90 Å². The van der Waals surface area contributed by atoms with Crippen molar-refractivity contribution >= 4 is 17.4 Å². The number of fused-ring (bicyclic) bond motifs is 2. The molecule has 0 bridgehead atoms. The molecule has 2 atom stereocenters. The van der Waals surface area contributed by atoms with Crippen molar-refractivity contribution in [2.45, 2.75) is 18.4 Å². The Morgan fingerprint density at radius 1 is 1.31 bits per heavy atom. The summed E-state index contributed by atoms with van der Waals surface area (Å²) in [6.07, 6.45) is 4.47. The number of carboxylic acids is 1. The van der Waals surface area contributed by atoms with E-state index in [1.54, 1.807) is 12.3 Å². The fourth-order valence-electron chi connectivity index (χ4n) is 4.26. The summed E-state index contributed by atoms with van der Waals surface area (Å²) >= 11 is 0. The van der Waals surface area contributed by atoms with Gasteiger partial charge >= 0.3 is 5.97 Å². The maximum Gasteiger partial charge on any atom is 0.341 e. The van der Waals surface area contributed by atoms with Gasteiger partial charge in [0, 0.05) is 18.3 Å². The van der Waals surface area contributed by atoms with Crippen LogP contribution in [0.25, 0.3) is 5.65 Å². The van der Waals surface area contributed by atoms with Crippen LogP contribution in [0.2, 0.25) is 0 Å². The maximum atomic E-state index is 14.5. The van der Waals surface area contributed by atoms with Gasteiger partial charge in [-0.15, -0.1) is 0 Å². The Labute approximate surface area is 146 Å². The zero-order valence-electron chi connectivity index (χ0n) is 13.6. The number of aromatic carboxylic acids is 1. The molecule has 5 rings (SSSR count). The second kappa shape index (κ2) is 5.00. The highest BCUT2D eigenvalue weighted by molar-refractivity contribution is 5.94. The van der Waals surface area contributed by atoms with Gasteiger partial charge in [0.15, 0.2) is 5.65 Å². The summed E-state index contributed by atoms with van der Waals surface area (Å²) in [5, 5.41) is 13.3. The number of carboxylic acid groups (broad SMARTS) is 1. The molecule has 3 aromatic rings. The van der Waals surface area contributed by atoms with Crippen LogP contribution in [0.3, 0.4) is 0 Å². The van der Waals surface area contributed by atoms with E-state index >= 15 is 0 Å². The number of carbonyl (C=O) groups is 1. The Hall–Kier alpha value is -3.03. The van der Waals surface area contributed by atoms with Gasteiger partial charge in [-0.05, 0) is 43.0 Å². The average molecular weight is 356 g/mol. The molecule has 1 saturated carbocycles. The highest BCUT2D eigenvalue weighted by Crippen LogP contribution is 2.63. The number of hydrogen-bond acceptors (Lipinski definition) is 4. The smallest absolute Gasteiger partial charge is 0.341 e. The zero-order valence-corrected chi connectivity index (χ0v) is 13.6. The fourth-order valence-corrected chi connectivity index (χ4v) is 4.26. The molecule has 1 aliphatic carbocycles. The maximum absolute atomic E-state index is 14.5. The van der Waals surface area contributed by atoms with E-state index < -0.39 is 23.1 Å². The van der Waals surface area contributed by atoms with Gasteiger partial charge in [0.2, 0.25) is 0 Å². The molecule has 1 N–H and O–H groups in total. The Morgan fingerprint density at radius 3 is 2.92 bits per heavy atom. The van der Waals surface area contributed by atoms with Crippen molar-refractivity contribution in [1.82, 2.24) is 14.6 Å². The summed E-state index contributed by atoms with van der Waals surface area (Å²) < 4.78 is 29.6. The summed E-state index contributed by atoms with van der Waals surface area (Å²) in [4.78, 5) is 17.8. The monoisotopic (exact) mass is 356 g/mol. The summed E-state index contributed by atoms with van der Waals surface area (Å²) in [6, 6.07) is 5.25. The topological polar surface area (TPSA) is 70.7 Å². The molecule has 26 heavy (non-hydrogen) atoms. The van der Waals surface area contributed by atoms with Crippen LogP contribution in [0.1, 0.15) is 28.8 Å². The summed E-state index contributed by atoms with van der Waals surface area (Å²) in [5.74, 6) is -1.23. The molecule has 2 aromatic heterocycles. The quantitative estimate of drug-likeness (QED) is 0.781. The second-order valence-electron chi connectivity index (χ2n) is 6.81. The third-order valence-corrected chi connectivity index (χ3v) is 5.51. The lowest BCUT2D eigenvalue weighted by Crippen LogP contribution is -2.34. The molecular formula is C18H14F2N4O2. The van der Waals surface area contributed by atoms with Crippen molar-refractivity contribution in [2.75, 3.05) is 11.4 Å². The lowest BCUT2D eigenvalue weighted by molar-refractivity contribution is 0.0698. The number of aromatic nitrogens is 3. The molecule has 2 aliphatic rings. The van der Waals surface area contributed by atoms with E-state index in [1.807, 2.05) is 4.90 Å². The van der Waals surface area contributed by atoms with Crippen molar-refractivity contribution in [3.8, 4) is 0 Å². The van der Waals surface area contributed by atoms with Crippen molar-refractivity contribution in [1.29, 1.82) is 0 Å². The van der Waals surface area contributed by atoms with Crippen molar-refractivity contribution in [2.24, 2.45) is 5.92 Å². The molecule has 0 spiro atoms. The predicted octanol–water partition coefficient (Wildman–Crippen LogP) is 2.83. The summed E-state index contributed by atoms with van der Waals surface area (Å²) in [5.41, 5.74) is -0.0343. The molecule has 0 radical (unpaired) electrons. The van der Waals surface area contributed by atoms with Crippen LogP contribution >= 0.6 is 0 Å². The van der Waals surface area contributed by atoms with Crippen LogP contribution in [0.15, 0.2) is 36.7 Å². The largest absolute Gasteiger partial charge is 0.477 e. The minimum Gasteiger partial charge on any atom is -0.477 e. The normalized spacial score (nSPS) is 24.1. The first-order valence-corrected chi connectivity index (χ1v) is 8.31. The molecule has 0 unspecified atom stereocenters. The first kappa shape index (κ1) is 15.2. The minimum atomic E-state index is -1.11. The molecule has 1 aromatic carbocycles. The lowest BCUT2D eigenvalue weighted by atomic mass is 10.0. The highest BCUT2D eigenvalue weighted by atomic mass is 19.1. The van der Waals surface area contributed by atoms with Crippen LogP contribution in [-0.2, 0) is 5.54 Å². The van der Waals surface area contributed by atoms with Gasteiger partial charge in [-0.3, -0.25) is 0 Å². The average Bonchev–Trinajstić information content (AvgIpc) is 3.00. The minimum absolute atomic E-state index is 0.00406. The van der Waals surface area contributed by atoms with Gasteiger partial charge in [-0.2, -0.15) is 5.10 Å². The molecule has 1 aliphatic heterocycles. The first-order chi connectivity index (χ1) is 12.5. The van der Waals surface area contributed by atoms with Crippen molar-refractivity contribution in [3.05, 3.63) is 59.4 Å². The second-order valence-corrected chi connectivity index (χ2v) is 6.81. The number of anilines is 1. The molecule has 3 heterocycles. The van der Waals surface area contributed by atoms with Gasteiger partial charge in [0.05, 0.1) is 11.7 Å². The Kier molecular flexibility index (Phi) is 2.93. The summed E-state index contributed by atoms with van der Waals surface area (Å²) in [7, 11) is 0. The lowest BCUT2D eigenvalue weighted by Gasteiger charge is -2.30. The van der Waals surface area contributed by atoms with E-state index in [9.17, 15) is 18.7 Å². The van der Waals surface area contributed by atoms with E-state index in [2.05, 4.69) is 10.1 Å². The highest BCUT2D eigenvalue weighted by Gasteiger charge is 2.64. The van der Waals surface area contributed by atoms with Gasteiger partial charge < -0.3 is 10.0 Å². The third kappa shape index (κ3) is 1.92. The predicted molar refractivity (Wildman–Crippen MR) is 88.1 cm³/mol. The van der Waals surface area contributed by atoms with Crippen LogP contribution in [0, 0.1) is 17.6 Å². The number of benzene rings is 1. The molecule has 2 fully saturated rings. The molecule has 1 saturated heterocycles. The van der Waals surface area contributed by atoms with E-state index in [1.165, 1.54) is 16.8 Å². The standard InChI is InChI=1S/C18H14F2N4O2/c19-11-1-2-14(20)13(7-11)18-8-10(18)3-5-23(18)15-4-6-24-16(22-15)12(9-21-24)17(25)26/h1-2,4,6-7,9-10H,3,5,8H2,(H,25,26)/t10-,18+/m0/s1. The van der Waals surface area contributed by atoms with E-state index in [4.69, 9.17) is 0 Å². The molecule has 8 heteroatoms. The van der Waals surface area contributed by atoms with E-state index in [-0.39, 0.29) is 17.1 Å². The molecule has 6 nitrogen and oxygen atoms in total. The van der Waals surface area contributed by atoms with Crippen LogP contribution in [0.4, 0.5) is 14.6 Å². The van der Waals surface area contributed by atoms with Gasteiger partial charge in [0.1, 0.15) is 23.0 Å². The SMILES string of the molecule is O=C(O)c1cnn2ccc(N3CC[C@H]4C[C@]43c3cc(F)ccc3F)nc12. The number of hydrogen-bond donors (Lipinski definition) is 1.